The van der Waals surface area contributed by atoms with Crippen LogP contribution in [0.25, 0.3) is 22.5 Å². The first-order valence-corrected chi connectivity index (χ1v) is 9.26. The maximum absolute atomic E-state index is 9.62. The third-order valence-corrected chi connectivity index (χ3v) is 5.29. The normalized spacial score (nSPS) is 14.2. The molecule has 1 N–H and O–H groups in total. The Kier molecular flexibility index (Phi) is 4.41. The Morgan fingerprint density at radius 2 is 1.69 bits per heavy atom. The van der Waals surface area contributed by atoms with Gasteiger partial charge >= 0.3 is 0 Å². The van der Waals surface area contributed by atoms with Crippen molar-refractivity contribution in [2.45, 2.75) is 38.6 Å². The molecule has 0 unspecified atom stereocenters. The molecule has 0 spiro atoms. The number of methoxy groups -OCH3 is 1. The molecule has 1 saturated carbocycles. The lowest BCUT2D eigenvalue weighted by molar-refractivity contribution is 0.292. The molecule has 0 amide bonds. The number of rotatable bonds is 5. The van der Waals surface area contributed by atoms with E-state index in [1.165, 1.54) is 36.1 Å². The molecule has 26 heavy (non-hydrogen) atoms. The molecule has 134 valence electrons. The van der Waals surface area contributed by atoms with E-state index >= 15 is 0 Å². The lowest BCUT2D eigenvalue weighted by Gasteiger charge is -2.28. The summed E-state index contributed by atoms with van der Waals surface area (Å²) in [7, 11) is 1.69. The van der Waals surface area contributed by atoms with Crippen LogP contribution < -0.4 is 4.74 Å². The maximum atomic E-state index is 9.62. The first kappa shape index (κ1) is 16.7. The fourth-order valence-corrected chi connectivity index (χ4v) is 3.61. The Labute approximate surface area is 154 Å². The molecule has 0 atom stereocenters. The Morgan fingerprint density at radius 1 is 1.04 bits per heavy atom. The van der Waals surface area contributed by atoms with Gasteiger partial charge in [-0.15, -0.1) is 0 Å². The zero-order valence-electron chi connectivity index (χ0n) is 15.3. The highest BCUT2D eigenvalue weighted by Gasteiger charge is 2.27. The summed E-state index contributed by atoms with van der Waals surface area (Å²) in [5.41, 5.74) is 5.71. The Hall–Kier alpha value is -2.75. The molecule has 0 bridgehead atoms. The zero-order valence-corrected chi connectivity index (χ0v) is 15.3. The molecular weight excluding hydrogens is 324 g/mol. The smallest absolute Gasteiger partial charge is 0.118 e. The summed E-state index contributed by atoms with van der Waals surface area (Å²) < 4.78 is 7.54. The SMILES string of the molecule is CCc1c(-c2ccc(O)cc2)nn(C2CCC2)c1-c1ccc(OC)cc1. The number of ether oxygens (including phenoxy) is 1. The standard InChI is InChI=1S/C22H24N2O2/c1-3-20-21(15-7-11-18(25)12-8-15)23-24(17-5-4-6-17)22(20)16-9-13-19(26-2)14-10-16/h7-14,17,25H,3-6H2,1-2H3. The highest BCUT2D eigenvalue weighted by Crippen LogP contribution is 2.40. The van der Waals surface area contributed by atoms with Crippen LogP contribution in [-0.4, -0.2) is 22.0 Å². The minimum Gasteiger partial charge on any atom is -0.508 e. The van der Waals surface area contributed by atoms with Gasteiger partial charge in [-0.2, -0.15) is 5.10 Å². The molecule has 1 heterocycles. The summed E-state index contributed by atoms with van der Waals surface area (Å²) in [6.07, 6.45) is 4.54. The van der Waals surface area contributed by atoms with Crippen LogP contribution in [0.4, 0.5) is 0 Å². The van der Waals surface area contributed by atoms with Gasteiger partial charge in [0.15, 0.2) is 0 Å². The van der Waals surface area contributed by atoms with Crippen molar-refractivity contribution < 1.29 is 9.84 Å². The first-order valence-electron chi connectivity index (χ1n) is 9.26. The molecule has 0 saturated heterocycles. The molecule has 1 fully saturated rings. The second-order valence-electron chi connectivity index (χ2n) is 6.83. The molecule has 4 heteroatoms. The first-order chi connectivity index (χ1) is 12.7. The molecule has 1 aromatic heterocycles. The third-order valence-electron chi connectivity index (χ3n) is 5.29. The summed E-state index contributed by atoms with van der Waals surface area (Å²) in [4.78, 5) is 0. The third kappa shape index (κ3) is 2.85. The van der Waals surface area contributed by atoms with Crippen molar-refractivity contribution in [2.75, 3.05) is 7.11 Å². The fourth-order valence-electron chi connectivity index (χ4n) is 3.61. The summed E-state index contributed by atoms with van der Waals surface area (Å²) in [5.74, 6) is 1.14. The second-order valence-corrected chi connectivity index (χ2v) is 6.83. The molecule has 0 radical (unpaired) electrons. The number of phenolic OH excluding ortho intramolecular Hbond substituents is 1. The number of aromatic nitrogens is 2. The summed E-state index contributed by atoms with van der Waals surface area (Å²) in [6.45, 7) is 2.18. The predicted molar refractivity (Wildman–Crippen MR) is 104 cm³/mol. The molecule has 4 nitrogen and oxygen atoms in total. The van der Waals surface area contributed by atoms with Gasteiger partial charge in [0.1, 0.15) is 11.5 Å². The molecule has 0 aliphatic heterocycles. The van der Waals surface area contributed by atoms with Crippen LogP contribution in [0.3, 0.4) is 0 Å². The van der Waals surface area contributed by atoms with Crippen molar-refractivity contribution in [3.8, 4) is 34.0 Å². The maximum Gasteiger partial charge on any atom is 0.118 e. The van der Waals surface area contributed by atoms with Gasteiger partial charge in [0.05, 0.1) is 24.5 Å². The molecule has 2 aromatic carbocycles. The van der Waals surface area contributed by atoms with Crippen molar-refractivity contribution in [3.63, 3.8) is 0 Å². The van der Waals surface area contributed by atoms with Crippen molar-refractivity contribution in [2.24, 2.45) is 0 Å². The summed E-state index contributed by atoms with van der Waals surface area (Å²) >= 11 is 0. The van der Waals surface area contributed by atoms with Gasteiger partial charge in [-0.25, -0.2) is 0 Å². The van der Waals surface area contributed by atoms with E-state index in [0.29, 0.717) is 6.04 Å². The van der Waals surface area contributed by atoms with E-state index in [2.05, 4.69) is 23.7 Å². The molecule has 3 aromatic rings. The minimum atomic E-state index is 0.278. The van der Waals surface area contributed by atoms with E-state index in [1.54, 1.807) is 19.2 Å². The van der Waals surface area contributed by atoms with Gasteiger partial charge in [-0.05, 0) is 74.2 Å². The van der Waals surface area contributed by atoms with Crippen LogP contribution in [0.1, 0.15) is 37.8 Å². The zero-order chi connectivity index (χ0) is 18.1. The second kappa shape index (κ2) is 6.87. The van der Waals surface area contributed by atoms with Gasteiger partial charge < -0.3 is 9.84 Å². The van der Waals surface area contributed by atoms with Gasteiger partial charge in [0, 0.05) is 16.7 Å². The Morgan fingerprint density at radius 3 is 2.23 bits per heavy atom. The predicted octanol–water partition coefficient (Wildman–Crippen LogP) is 5.22. The average Bonchev–Trinajstić information content (AvgIpc) is 3.00. The van der Waals surface area contributed by atoms with Crippen LogP contribution in [0.2, 0.25) is 0 Å². The topological polar surface area (TPSA) is 47.3 Å². The van der Waals surface area contributed by atoms with Gasteiger partial charge in [0.2, 0.25) is 0 Å². The number of hydrogen-bond donors (Lipinski definition) is 1. The van der Waals surface area contributed by atoms with E-state index in [-0.39, 0.29) is 5.75 Å². The van der Waals surface area contributed by atoms with E-state index in [1.807, 2.05) is 24.3 Å². The monoisotopic (exact) mass is 348 g/mol. The van der Waals surface area contributed by atoms with Crippen LogP contribution in [0.15, 0.2) is 48.5 Å². The fraction of sp³-hybridized carbons (Fsp3) is 0.318. The van der Waals surface area contributed by atoms with E-state index in [9.17, 15) is 5.11 Å². The number of nitrogens with zero attached hydrogens (tertiary/aromatic N) is 2. The lowest BCUT2D eigenvalue weighted by Crippen LogP contribution is -2.19. The quantitative estimate of drug-likeness (QED) is 0.688. The Balaban J connectivity index is 1.88. The van der Waals surface area contributed by atoms with Gasteiger partial charge in [0.25, 0.3) is 0 Å². The molecular formula is C22H24N2O2. The van der Waals surface area contributed by atoms with Crippen LogP contribution in [0.5, 0.6) is 11.5 Å². The Bertz CT molecular complexity index is 891. The number of aromatic hydroxyl groups is 1. The van der Waals surface area contributed by atoms with Crippen molar-refractivity contribution >= 4 is 0 Å². The number of phenols is 1. The molecule has 1 aliphatic carbocycles. The van der Waals surface area contributed by atoms with E-state index in [4.69, 9.17) is 9.84 Å². The van der Waals surface area contributed by atoms with E-state index < -0.39 is 0 Å². The largest absolute Gasteiger partial charge is 0.508 e. The highest BCUT2D eigenvalue weighted by molar-refractivity contribution is 5.75. The van der Waals surface area contributed by atoms with Crippen molar-refractivity contribution in [1.29, 1.82) is 0 Å². The van der Waals surface area contributed by atoms with Gasteiger partial charge in [-0.1, -0.05) is 6.92 Å². The number of hydrogen-bond acceptors (Lipinski definition) is 3. The van der Waals surface area contributed by atoms with Crippen LogP contribution in [0, 0.1) is 0 Å². The lowest BCUT2D eigenvalue weighted by atomic mass is 9.92. The molecule has 4 rings (SSSR count). The summed E-state index contributed by atoms with van der Waals surface area (Å²) in [5, 5.41) is 14.6. The summed E-state index contributed by atoms with van der Waals surface area (Å²) in [6, 6.07) is 16.1. The average molecular weight is 348 g/mol. The van der Waals surface area contributed by atoms with Crippen LogP contribution in [-0.2, 0) is 6.42 Å². The van der Waals surface area contributed by atoms with Crippen LogP contribution >= 0.6 is 0 Å². The minimum absolute atomic E-state index is 0.278. The van der Waals surface area contributed by atoms with Crippen molar-refractivity contribution in [1.82, 2.24) is 9.78 Å². The highest BCUT2D eigenvalue weighted by atomic mass is 16.5. The van der Waals surface area contributed by atoms with Gasteiger partial charge in [-0.3, -0.25) is 4.68 Å². The number of benzene rings is 2. The molecule has 1 aliphatic rings. The van der Waals surface area contributed by atoms with E-state index in [0.717, 1.165) is 23.4 Å². The van der Waals surface area contributed by atoms with Crippen molar-refractivity contribution in [3.05, 3.63) is 54.1 Å².